The Balaban J connectivity index is 1.62. The topological polar surface area (TPSA) is 112 Å². The Labute approximate surface area is 187 Å². The normalized spacial score (nSPS) is 10.5. The number of ether oxygens (including phenoxy) is 1. The number of amides is 1. The summed E-state index contributed by atoms with van der Waals surface area (Å²) in [4.78, 5) is 22.7. The molecule has 9 nitrogen and oxygen atoms in total. The number of aromatic nitrogens is 3. The summed E-state index contributed by atoms with van der Waals surface area (Å²) in [5.41, 5.74) is 0.00659. The number of rotatable bonds is 10. The monoisotopic (exact) mass is 459 g/mol. The van der Waals surface area contributed by atoms with Crippen LogP contribution in [0.3, 0.4) is 0 Å². The smallest absolute Gasteiger partial charge is 0.289 e. The summed E-state index contributed by atoms with van der Waals surface area (Å²) in [5.74, 6) is 0.990. The Morgan fingerprint density at radius 2 is 2.06 bits per heavy atom. The van der Waals surface area contributed by atoms with Crippen molar-refractivity contribution in [3.05, 3.63) is 82.1 Å². The second kappa shape index (κ2) is 10.6. The first-order chi connectivity index (χ1) is 15.0. The van der Waals surface area contributed by atoms with Gasteiger partial charge in [0.15, 0.2) is 11.0 Å². The molecule has 0 radical (unpaired) electrons. The van der Waals surface area contributed by atoms with Crippen LogP contribution >= 0.6 is 23.4 Å². The van der Waals surface area contributed by atoms with E-state index in [1.165, 1.54) is 30.0 Å². The molecule has 0 aliphatic rings. The number of thioether (sulfide) groups is 1. The van der Waals surface area contributed by atoms with Gasteiger partial charge in [0.1, 0.15) is 17.4 Å². The van der Waals surface area contributed by atoms with Crippen molar-refractivity contribution >= 4 is 40.6 Å². The van der Waals surface area contributed by atoms with Crippen LogP contribution in [0.15, 0.2) is 66.3 Å². The lowest BCUT2D eigenvalue weighted by molar-refractivity contribution is -0.384. The number of benzene rings is 2. The number of hydrogen-bond donors (Lipinski definition) is 1. The molecule has 31 heavy (non-hydrogen) atoms. The van der Waals surface area contributed by atoms with E-state index in [9.17, 15) is 14.9 Å². The number of halogens is 1. The van der Waals surface area contributed by atoms with Crippen LogP contribution in [0.25, 0.3) is 0 Å². The van der Waals surface area contributed by atoms with E-state index < -0.39 is 4.92 Å². The molecular weight excluding hydrogens is 442 g/mol. The number of para-hydroxylation sites is 1. The number of carbonyl (C=O) groups excluding carboxylic acids is 1. The van der Waals surface area contributed by atoms with Crippen molar-refractivity contribution in [3.63, 3.8) is 0 Å². The molecule has 0 spiro atoms. The van der Waals surface area contributed by atoms with E-state index in [4.69, 9.17) is 16.3 Å². The van der Waals surface area contributed by atoms with Gasteiger partial charge in [0.2, 0.25) is 5.91 Å². The summed E-state index contributed by atoms with van der Waals surface area (Å²) in [6.45, 7) is 4.41. The lowest BCUT2D eigenvalue weighted by Gasteiger charge is -2.09. The highest BCUT2D eigenvalue weighted by Crippen LogP contribution is 2.27. The highest BCUT2D eigenvalue weighted by Gasteiger charge is 2.16. The van der Waals surface area contributed by atoms with E-state index in [0.717, 1.165) is 0 Å². The summed E-state index contributed by atoms with van der Waals surface area (Å²) < 4.78 is 7.53. The van der Waals surface area contributed by atoms with Crippen molar-refractivity contribution in [2.24, 2.45) is 0 Å². The SMILES string of the molecule is C=CCn1c(COc2ccccc2)nnc1SCC(=O)Nc1ccc(Cl)c([N+](=O)[O-])c1. The average molecular weight is 460 g/mol. The molecule has 0 fully saturated rings. The van der Waals surface area contributed by atoms with Crippen LogP contribution in [0.5, 0.6) is 5.75 Å². The van der Waals surface area contributed by atoms with Gasteiger partial charge < -0.3 is 10.1 Å². The molecule has 0 bridgehead atoms. The van der Waals surface area contributed by atoms with Gasteiger partial charge in [0.25, 0.3) is 5.69 Å². The molecule has 1 aromatic heterocycles. The third-order valence-electron chi connectivity index (χ3n) is 3.98. The van der Waals surface area contributed by atoms with Gasteiger partial charge in [0.05, 0.1) is 10.7 Å². The molecule has 0 saturated carbocycles. The van der Waals surface area contributed by atoms with Gasteiger partial charge in [0, 0.05) is 18.3 Å². The Bertz CT molecular complexity index is 1090. The van der Waals surface area contributed by atoms with E-state index in [0.29, 0.717) is 23.3 Å². The number of allylic oxidation sites excluding steroid dienone is 1. The Morgan fingerprint density at radius 1 is 1.29 bits per heavy atom. The van der Waals surface area contributed by atoms with Crippen LogP contribution in [0.2, 0.25) is 5.02 Å². The Morgan fingerprint density at radius 3 is 2.77 bits per heavy atom. The minimum atomic E-state index is -0.608. The number of nitro groups is 1. The fourth-order valence-electron chi connectivity index (χ4n) is 2.57. The van der Waals surface area contributed by atoms with Crippen LogP contribution in [0.4, 0.5) is 11.4 Å². The predicted octanol–water partition coefficient (Wildman–Crippen LogP) is 4.34. The van der Waals surface area contributed by atoms with E-state index in [1.807, 2.05) is 30.3 Å². The van der Waals surface area contributed by atoms with Gasteiger partial charge >= 0.3 is 0 Å². The van der Waals surface area contributed by atoms with Crippen LogP contribution in [0, 0.1) is 10.1 Å². The number of hydrogen-bond acceptors (Lipinski definition) is 7. The molecule has 1 heterocycles. The second-order valence-electron chi connectivity index (χ2n) is 6.16. The standard InChI is InChI=1S/C20H18ClN5O4S/c1-2-10-25-18(12-30-15-6-4-3-5-7-15)23-24-20(25)31-13-19(27)22-14-8-9-16(21)17(11-14)26(28)29/h2-9,11H,1,10,12-13H2,(H,22,27). The molecule has 0 saturated heterocycles. The third-order valence-corrected chi connectivity index (χ3v) is 5.26. The number of nitrogens with one attached hydrogen (secondary N) is 1. The van der Waals surface area contributed by atoms with Crippen molar-refractivity contribution < 1.29 is 14.5 Å². The van der Waals surface area contributed by atoms with Crippen molar-refractivity contribution in [1.82, 2.24) is 14.8 Å². The summed E-state index contributed by atoms with van der Waals surface area (Å²) in [6.07, 6.45) is 1.70. The molecule has 1 N–H and O–H groups in total. The molecule has 0 aliphatic heterocycles. The third kappa shape index (κ3) is 6.06. The summed E-state index contributed by atoms with van der Waals surface area (Å²) in [6, 6.07) is 13.4. The first-order valence-corrected chi connectivity index (χ1v) is 10.4. The molecule has 2 aromatic carbocycles. The van der Waals surface area contributed by atoms with E-state index >= 15 is 0 Å². The first-order valence-electron chi connectivity index (χ1n) is 9.05. The van der Waals surface area contributed by atoms with Gasteiger partial charge in [-0.1, -0.05) is 47.6 Å². The molecule has 0 unspecified atom stereocenters. The van der Waals surface area contributed by atoms with E-state index in [2.05, 4.69) is 22.1 Å². The maximum atomic E-state index is 12.3. The Hall–Kier alpha value is -3.37. The minimum absolute atomic E-state index is 0.000141. The molecule has 160 valence electrons. The van der Waals surface area contributed by atoms with Gasteiger partial charge in [-0.3, -0.25) is 19.5 Å². The van der Waals surface area contributed by atoms with Crippen molar-refractivity contribution in [1.29, 1.82) is 0 Å². The van der Waals surface area contributed by atoms with Gasteiger partial charge in [-0.15, -0.1) is 16.8 Å². The molecule has 0 atom stereocenters. The molecular formula is C20H18ClN5O4S. The van der Waals surface area contributed by atoms with Crippen LogP contribution in [-0.4, -0.2) is 31.3 Å². The van der Waals surface area contributed by atoms with Crippen molar-refractivity contribution in [2.75, 3.05) is 11.1 Å². The first kappa shape index (κ1) is 22.3. The highest BCUT2D eigenvalue weighted by atomic mass is 35.5. The zero-order chi connectivity index (χ0) is 22.2. The van der Waals surface area contributed by atoms with Gasteiger partial charge in [-0.05, 0) is 24.3 Å². The maximum Gasteiger partial charge on any atom is 0.289 e. The van der Waals surface area contributed by atoms with Crippen LogP contribution in [0.1, 0.15) is 5.82 Å². The van der Waals surface area contributed by atoms with E-state index in [1.54, 1.807) is 10.6 Å². The second-order valence-corrected chi connectivity index (χ2v) is 7.51. The van der Waals surface area contributed by atoms with Crippen LogP contribution in [-0.2, 0) is 17.9 Å². The zero-order valence-corrected chi connectivity index (χ0v) is 17.8. The minimum Gasteiger partial charge on any atom is -0.486 e. The summed E-state index contributed by atoms with van der Waals surface area (Å²) in [5, 5.41) is 22.4. The predicted molar refractivity (Wildman–Crippen MR) is 118 cm³/mol. The fraction of sp³-hybridized carbons (Fsp3) is 0.150. The van der Waals surface area contributed by atoms with Crippen molar-refractivity contribution in [2.45, 2.75) is 18.3 Å². The fourth-order valence-corrected chi connectivity index (χ4v) is 3.52. The molecule has 0 aliphatic carbocycles. The average Bonchev–Trinajstić information content (AvgIpc) is 3.14. The highest BCUT2D eigenvalue weighted by molar-refractivity contribution is 7.99. The van der Waals surface area contributed by atoms with Crippen molar-refractivity contribution in [3.8, 4) is 5.75 Å². The summed E-state index contributed by atoms with van der Waals surface area (Å²) in [7, 11) is 0. The quantitative estimate of drug-likeness (QED) is 0.208. The summed E-state index contributed by atoms with van der Waals surface area (Å²) >= 11 is 6.97. The lowest BCUT2D eigenvalue weighted by Crippen LogP contribution is -2.15. The lowest BCUT2D eigenvalue weighted by atomic mass is 10.3. The number of nitrogens with zero attached hydrogens (tertiary/aromatic N) is 4. The maximum absolute atomic E-state index is 12.3. The van der Waals surface area contributed by atoms with Crippen LogP contribution < -0.4 is 10.1 Å². The number of carbonyl (C=O) groups is 1. The molecule has 3 aromatic rings. The number of anilines is 1. The van der Waals surface area contributed by atoms with Gasteiger partial charge in [-0.2, -0.15) is 0 Å². The van der Waals surface area contributed by atoms with Gasteiger partial charge in [-0.25, -0.2) is 0 Å². The molecule has 1 amide bonds. The largest absolute Gasteiger partial charge is 0.486 e. The Kier molecular flexibility index (Phi) is 7.63. The molecule has 3 rings (SSSR count). The number of nitro benzene ring substituents is 1. The molecule has 11 heteroatoms. The van der Waals surface area contributed by atoms with E-state index in [-0.39, 0.29) is 34.7 Å². The zero-order valence-electron chi connectivity index (χ0n) is 16.2.